The molecule has 1 heterocycles. The summed E-state index contributed by atoms with van der Waals surface area (Å²) in [6, 6.07) is 5.76. The van der Waals surface area contributed by atoms with Crippen molar-refractivity contribution in [2.45, 2.75) is 20.4 Å². The summed E-state index contributed by atoms with van der Waals surface area (Å²) in [5.74, 6) is -0.885. The second kappa shape index (κ2) is 6.15. The molecule has 0 aliphatic carbocycles. The SMILES string of the molecule is COC(=O)Cn1c(C(=O)NC(N)=S)c(C)c2cc(C)ccc21. The molecule has 0 unspecified atom stereocenters. The topological polar surface area (TPSA) is 86.3 Å². The summed E-state index contributed by atoms with van der Waals surface area (Å²) in [4.78, 5) is 24.0. The molecule has 0 atom stereocenters. The Labute approximate surface area is 133 Å². The predicted molar refractivity (Wildman–Crippen MR) is 87.7 cm³/mol. The Hall–Kier alpha value is -2.41. The zero-order chi connectivity index (χ0) is 16.4. The molecule has 1 amide bonds. The number of hydrogen-bond donors (Lipinski definition) is 2. The number of amides is 1. The number of ether oxygens (including phenoxy) is 1. The predicted octanol–water partition coefficient (Wildman–Crippen LogP) is 1.40. The van der Waals surface area contributed by atoms with E-state index in [4.69, 9.17) is 22.7 Å². The van der Waals surface area contributed by atoms with E-state index in [1.165, 1.54) is 7.11 Å². The van der Waals surface area contributed by atoms with Crippen molar-refractivity contribution in [2.24, 2.45) is 5.73 Å². The van der Waals surface area contributed by atoms with Crippen LogP contribution in [0.3, 0.4) is 0 Å². The molecule has 0 saturated heterocycles. The van der Waals surface area contributed by atoms with Gasteiger partial charge < -0.3 is 15.0 Å². The van der Waals surface area contributed by atoms with Crippen molar-refractivity contribution in [1.82, 2.24) is 9.88 Å². The van der Waals surface area contributed by atoms with Gasteiger partial charge in [0.2, 0.25) is 0 Å². The minimum absolute atomic E-state index is 0.0655. The van der Waals surface area contributed by atoms with Crippen molar-refractivity contribution in [3.63, 3.8) is 0 Å². The zero-order valence-corrected chi connectivity index (χ0v) is 13.4. The van der Waals surface area contributed by atoms with E-state index in [9.17, 15) is 9.59 Å². The van der Waals surface area contributed by atoms with E-state index in [1.54, 1.807) is 4.57 Å². The number of benzene rings is 1. The van der Waals surface area contributed by atoms with E-state index in [0.29, 0.717) is 5.69 Å². The van der Waals surface area contributed by atoms with E-state index in [2.05, 4.69) is 5.32 Å². The Morgan fingerprint density at radius 3 is 2.64 bits per heavy atom. The Morgan fingerprint density at radius 2 is 2.05 bits per heavy atom. The summed E-state index contributed by atoms with van der Waals surface area (Å²) in [7, 11) is 1.31. The highest BCUT2D eigenvalue weighted by Crippen LogP contribution is 2.27. The lowest BCUT2D eigenvalue weighted by molar-refractivity contribution is -0.141. The quantitative estimate of drug-likeness (QED) is 0.660. The summed E-state index contributed by atoms with van der Waals surface area (Å²) < 4.78 is 6.32. The van der Waals surface area contributed by atoms with Gasteiger partial charge in [0.15, 0.2) is 5.11 Å². The first kappa shape index (κ1) is 16.0. The van der Waals surface area contributed by atoms with Gasteiger partial charge in [0, 0.05) is 10.9 Å². The molecule has 1 aromatic carbocycles. The molecule has 2 rings (SSSR count). The molecule has 0 aliphatic rings. The first-order chi connectivity index (χ1) is 10.3. The first-order valence-corrected chi connectivity index (χ1v) is 7.03. The van der Waals surface area contributed by atoms with E-state index in [-0.39, 0.29) is 11.7 Å². The number of nitrogens with two attached hydrogens (primary N) is 1. The van der Waals surface area contributed by atoms with Crippen LogP contribution in [0, 0.1) is 13.8 Å². The molecular weight excluding hydrogens is 302 g/mol. The van der Waals surface area contributed by atoms with Crippen LogP contribution in [0.1, 0.15) is 21.6 Å². The van der Waals surface area contributed by atoms with Crippen LogP contribution in [-0.2, 0) is 16.1 Å². The monoisotopic (exact) mass is 319 g/mol. The van der Waals surface area contributed by atoms with Crippen LogP contribution in [0.15, 0.2) is 18.2 Å². The fraction of sp³-hybridized carbons (Fsp3) is 0.267. The normalized spacial score (nSPS) is 10.5. The summed E-state index contributed by atoms with van der Waals surface area (Å²) in [6.07, 6.45) is 0. The van der Waals surface area contributed by atoms with Gasteiger partial charge >= 0.3 is 5.97 Å². The van der Waals surface area contributed by atoms with Crippen LogP contribution in [0.25, 0.3) is 10.9 Å². The number of carbonyl (C=O) groups is 2. The Bertz CT molecular complexity index is 780. The van der Waals surface area contributed by atoms with Gasteiger partial charge in [-0.15, -0.1) is 0 Å². The van der Waals surface area contributed by atoms with Crippen LogP contribution in [0.2, 0.25) is 0 Å². The average molecular weight is 319 g/mol. The fourth-order valence-corrected chi connectivity index (χ4v) is 2.55. The number of nitrogens with one attached hydrogen (secondary N) is 1. The van der Waals surface area contributed by atoms with Gasteiger partial charge in [0.1, 0.15) is 12.2 Å². The van der Waals surface area contributed by atoms with Crippen LogP contribution in [0.5, 0.6) is 0 Å². The lowest BCUT2D eigenvalue weighted by Crippen LogP contribution is -2.36. The average Bonchev–Trinajstić information content (AvgIpc) is 2.70. The highest BCUT2D eigenvalue weighted by atomic mass is 32.1. The van der Waals surface area contributed by atoms with Gasteiger partial charge in [-0.2, -0.15) is 0 Å². The Morgan fingerprint density at radius 1 is 1.36 bits per heavy atom. The molecule has 0 spiro atoms. The zero-order valence-electron chi connectivity index (χ0n) is 12.6. The molecule has 6 nitrogen and oxygen atoms in total. The second-order valence-electron chi connectivity index (χ2n) is 4.97. The van der Waals surface area contributed by atoms with Crippen molar-refractivity contribution in [3.05, 3.63) is 35.0 Å². The van der Waals surface area contributed by atoms with E-state index in [0.717, 1.165) is 22.0 Å². The maximum absolute atomic E-state index is 12.4. The van der Waals surface area contributed by atoms with Crippen molar-refractivity contribution < 1.29 is 14.3 Å². The van der Waals surface area contributed by atoms with Crippen LogP contribution < -0.4 is 11.1 Å². The molecular formula is C15H17N3O3S. The number of methoxy groups -OCH3 is 1. The van der Waals surface area contributed by atoms with Gasteiger partial charge in [0.25, 0.3) is 5.91 Å². The van der Waals surface area contributed by atoms with E-state index < -0.39 is 11.9 Å². The molecule has 22 heavy (non-hydrogen) atoms. The molecule has 0 aliphatic heterocycles. The first-order valence-electron chi connectivity index (χ1n) is 6.62. The van der Waals surface area contributed by atoms with E-state index >= 15 is 0 Å². The van der Waals surface area contributed by atoms with E-state index in [1.807, 2.05) is 32.0 Å². The molecule has 1 aromatic heterocycles. The summed E-state index contributed by atoms with van der Waals surface area (Å²) >= 11 is 4.72. The number of hydrogen-bond acceptors (Lipinski definition) is 4. The van der Waals surface area contributed by atoms with Gasteiger partial charge in [-0.1, -0.05) is 11.6 Å². The smallest absolute Gasteiger partial charge is 0.325 e. The van der Waals surface area contributed by atoms with Gasteiger partial charge in [-0.3, -0.25) is 14.9 Å². The minimum Gasteiger partial charge on any atom is -0.468 e. The molecule has 2 aromatic rings. The van der Waals surface area contributed by atoms with Gasteiger partial charge in [0.05, 0.1) is 7.11 Å². The van der Waals surface area contributed by atoms with Crippen LogP contribution in [0.4, 0.5) is 0 Å². The maximum Gasteiger partial charge on any atom is 0.325 e. The molecule has 7 heteroatoms. The summed E-state index contributed by atoms with van der Waals surface area (Å²) in [5.41, 5.74) is 8.32. The summed E-state index contributed by atoms with van der Waals surface area (Å²) in [6.45, 7) is 3.72. The maximum atomic E-state index is 12.4. The summed E-state index contributed by atoms with van der Waals surface area (Å²) in [5, 5.41) is 3.19. The molecule has 0 saturated carbocycles. The fourth-order valence-electron chi connectivity index (χ4n) is 2.46. The molecule has 116 valence electrons. The third-order valence-electron chi connectivity index (χ3n) is 3.44. The molecule has 0 fully saturated rings. The Kier molecular flexibility index (Phi) is 4.46. The largest absolute Gasteiger partial charge is 0.468 e. The number of esters is 1. The number of aromatic nitrogens is 1. The third-order valence-corrected chi connectivity index (χ3v) is 3.54. The standard InChI is InChI=1S/C15H17N3O3S/c1-8-4-5-11-10(6-8)9(2)13(14(20)17-15(16)22)18(11)7-12(19)21-3/h4-6H,7H2,1-3H3,(H3,16,17,20,22). The second-order valence-corrected chi connectivity index (χ2v) is 5.41. The van der Waals surface area contributed by atoms with Crippen molar-refractivity contribution in [3.8, 4) is 0 Å². The highest BCUT2D eigenvalue weighted by molar-refractivity contribution is 7.80. The van der Waals surface area contributed by atoms with Crippen molar-refractivity contribution in [2.75, 3.05) is 7.11 Å². The minimum atomic E-state index is -0.443. The third kappa shape index (κ3) is 2.94. The number of thiocarbonyl (C=S) groups is 1. The van der Waals surface area contributed by atoms with Crippen LogP contribution >= 0.6 is 12.2 Å². The number of fused-ring (bicyclic) bond motifs is 1. The van der Waals surface area contributed by atoms with Gasteiger partial charge in [-0.05, 0) is 43.8 Å². The van der Waals surface area contributed by atoms with Crippen molar-refractivity contribution in [1.29, 1.82) is 0 Å². The van der Waals surface area contributed by atoms with Crippen LogP contribution in [-0.4, -0.2) is 28.7 Å². The molecule has 0 radical (unpaired) electrons. The van der Waals surface area contributed by atoms with Crippen molar-refractivity contribution >= 4 is 40.1 Å². The lowest BCUT2D eigenvalue weighted by atomic mass is 10.1. The number of carbonyl (C=O) groups excluding carboxylic acids is 2. The Balaban J connectivity index is 2.68. The highest BCUT2D eigenvalue weighted by Gasteiger charge is 2.22. The van der Waals surface area contributed by atoms with Gasteiger partial charge in [-0.25, -0.2) is 0 Å². The number of aryl methyl sites for hydroxylation is 2. The number of nitrogens with zero attached hydrogens (tertiary/aromatic N) is 1. The molecule has 0 bridgehead atoms. The lowest BCUT2D eigenvalue weighted by Gasteiger charge is -2.10. The molecule has 3 N–H and O–H groups in total. The number of rotatable bonds is 3.